The standard InChI is InChI=1S/C26H25ClN4O2S/c27-20-10-8-17(9-11-20)12-13-28-24(32)19-7-4-14-31(15-19)26-29-22-21(18-5-2-1-3-6-18)16-34-23(22)25(33)30-26/h1-3,5-6,8-11,16,19H,4,7,12-15H2,(H,28,32)(H,29,30,33)/t19-/m0/s1. The first-order valence-corrected chi connectivity index (χ1v) is 12.7. The van der Waals surface area contributed by atoms with Crippen LogP contribution in [0.3, 0.4) is 0 Å². The number of rotatable bonds is 6. The highest BCUT2D eigenvalue weighted by molar-refractivity contribution is 7.17. The molecule has 2 N–H and O–H groups in total. The maximum Gasteiger partial charge on any atom is 0.270 e. The smallest absolute Gasteiger partial charge is 0.270 e. The normalized spacial score (nSPS) is 16.0. The van der Waals surface area contributed by atoms with Gasteiger partial charge in [-0.15, -0.1) is 11.3 Å². The van der Waals surface area contributed by atoms with E-state index in [1.807, 2.05) is 64.9 Å². The molecule has 0 bridgehead atoms. The summed E-state index contributed by atoms with van der Waals surface area (Å²) in [4.78, 5) is 35.5. The number of piperidine rings is 1. The van der Waals surface area contributed by atoms with Crippen molar-refractivity contribution in [3.63, 3.8) is 0 Å². The molecule has 34 heavy (non-hydrogen) atoms. The number of carbonyl (C=O) groups is 1. The fourth-order valence-electron chi connectivity index (χ4n) is 4.40. The lowest BCUT2D eigenvalue weighted by Crippen LogP contribution is -2.44. The zero-order valence-corrected chi connectivity index (χ0v) is 20.2. The number of aromatic amines is 1. The Labute approximate surface area is 206 Å². The second-order valence-electron chi connectivity index (χ2n) is 8.54. The van der Waals surface area contributed by atoms with Gasteiger partial charge >= 0.3 is 0 Å². The van der Waals surface area contributed by atoms with Gasteiger partial charge in [0.1, 0.15) is 4.70 Å². The van der Waals surface area contributed by atoms with E-state index in [1.54, 1.807) is 0 Å². The van der Waals surface area contributed by atoms with Crippen LogP contribution in [0.1, 0.15) is 18.4 Å². The molecule has 8 heteroatoms. The van der Waals surface area contributed by atoms with Crippen molar-refractivity contribution < 1.29 is 4.79 Å². The Morgan fingerprint density at radius 3 is 2.76 bits per heavy atom. The molecular weight excluding hydrogens is 468 g/mol. The highest BCUT2D eigenvalue weighted by Gasteiger charge is 2.27. The Balaban J connectivity index is 1.29. The minimum atomic E-state index is -0.143. The predicted octanol–water partition coefficient (Wildman–Crippen LogP) is 4.88. The second-order valence-corrected chi connectivity index (χ2v) is 9.85. The van der Waals surface area contributed by atoms with Crippen LogP contribution in [-0.2, 0) is 11.2 Å². The SMILES string of the molecule is O=C(NCCc1ccc(Cl)cc1)[C@H]1CCCN(c2nc3c(-c4ccccc4)csc3c(=O)[nH]2)C1. The van der Waals surface area contributed by atoms with Gasteiger partial charge in [0.2, 0.25) is 11.9 Å². The van der Waals surface area contributed by atoms with Gasteiger partial charge in [0.25, 0.3) is 5.56 Å². The molecule has 2 aromatic carbocycles. The summed E-state index contributed by atoms with van der Waals surface area (Å²) in [5.41, 5.74) is 3.71. The maximum atomic E-state index is 12.8. The zero-order chi connectivity index (χ0) is 23.5. The molecule has 1 aliphatic rings. The first-order chi connectivity index (χ1) is 16.6. The van der Waals surface area contributed by atoms with Gasteiger partial charge < -0.3 is 10.2 Å². The zero-order valence-electron chi connectivity index (χ0n) is 18.6. The molecule has 3 heterocycles. The number of halogens is 1. The highest BCUT2D eigenvalue weighted by Crippen LogP contribution is 2.32. The summed E-state index contributed by atoms with van der Waals surface area (Å²) in [6, 6.07) is 17.6. The van der Waals surface area contributed by atoms with Gasteiger partial charge in [-0.1, -0.05) is 54.1 Å². The number of fused-ring (bicyclic) bond motifs is 1. The van der Waals surface area contributed by atoms with E-state index < -0.39 is 0 Å². The van der Waals surface area contributed by atoms with E-state index in [2.05, 4.69) is 10.3 Å². The van der Waals surface area contributed by atoms with Gasteiger partial charge in [-0.05, 0) is 42.5 Å². The average Bonchev–Trinajstić information content (AvgIpc) is 3.30. The van der Waals surface area contributed by atoms with Crippen LogP contribution in [0, 0.1) is 5.92 Å². The van der Waals surface area contributed by atoms with Crippen molar-refractivity contribution in [2.45, 2.75) is 19.3 Å². The van der Waals surface area contributed by atoms with Crippen LogP contribution in [0.25, 0.3) is 21.3 Å². The summed E-state index contributed by atoms with van der Waals surface area (Å²) < 4.78 is 0.621. The molecule has 4 aromatic rings. The van der Waals surface area contributed by atoms with Crippen molar-refractivity contribution in [1.29, 1.82) is 0 Å². The van der Waals surface area contributed by atoms with Gasteiger partial charge in [0.15, 0.2) is 0 Å². The number of anilines is 1. The third-order valence-corrected chi connectivity index (χ3v) is 7.44. The third-order valence-electron chi connectivity index (χ3n) is 6.22. The number of benzene rings is 2. The second kappa shape index (κ2) is 9.99. The van der Waals surface area contributed by atoms with Crippen LogP contribution >= 0.6 is 22.9 Å². The topological polar surface area (TPSA) is 78.1 Å². The van der Waals surface area contributed by atoms with Crippen molar-refractivity contribution in [1.82, 2.24) is 15.3 Å². The molecular formula is C26H25ClN4O2S. The number of carbonyl (C=O) groups excluding carboxylic acids is 1. The van der Waals surface area contributed by atoms with Crippen LogP contribution in [0.15, 0.2) is 64.8 Å². The molecule has 5 rings (SSSR count). The van der Waals surface area contributed by atoms with Gasteiger partial charge in [0.05, 0.1) is 11.4 Å². The van der Waals surface area contributed by atoms with Crippen molar-refractivity contribution >= 4 is 45.0 Å². The quantitative estimate of drug-likeness (QED) is 0.402. The Hall–Kier alpha value is -3.16. The molecule has 1 fully saturated rings. The van der Waals surface area contributed by atoms with E-state index in [1.165, 1.54) is 11.3 Å². The monoisotopic (exact) mass is 492 g/mol. The van der Waals surface area contributed by atoms with Crippen LogP contribution in [-0.4, -0.2) is 35.5 Å². The molecule has 1 aliphatic heterocycles. The first kappa shape index (κ1) is 22.6. The summed E-state index contributed by atoms with van der Waals surface area (Å²) in [7, 11) is 0. The molecule has 174 valence electrons. The molecule has 1 amide bonds. The largest absolute Gasteiger partial charge is 0.355 e. The number of hydrogen-bond donors (Lipinski definition) is 2. The fourth-order valence-corrected chi connectivity index (χ4v) is 5.43. The molecule has 0 saturated carbocycles. The first-order valence-electron chi connectivity index (χ1n) is 11.4. The fraction of sp³-hybridized carbons (Fsp3) is 0.269. The summed E-state index contributed by atoms with van der Waals surface area (Å²) in [5, 5.41) is 5.76. The summed E-state index contributed by atoms with van der Waals surface area (Å²) in [5.74, 6) is 0.436. The minimum absolute atomic E-state index is 0.0441. The molecule has 1 atom stereocenters. The number of H-pyrrole nitrogens is 1. The number of nitrogens with one attached hydrogen (secondary N) is 2. The van der Waals surface area contributed by atoms with Crippen molar-refractivity contribution in [2.24, 2.45) is 5.92 Å². The molecule has 2 aromatic heterocycles. The highest BCUT2D eigenvalue weighted by atomic mass is 35.5. The minimum Gasteiger partial charge on any atom is -0.355 e. The lowest BCUT2D eigenvalue weighted by Gasteiger charge is -2.32. The maximum absolute atomic E-state index is 12.8. The van der Waals surface area contributed by atoms with Crippen LogP contribution in [0.5, 0.6) is 0 Å². The average molecular weight is 493 g/mol. The third kappa shape index (κ3) is 4.86. The Morgan fingerprint density at radius 2 is 1.97 bits per heavy atom. The van der Waals surface area contributed by atoms with E-state index >= 15 is 0 Å². The molecule has 1 saturated heterocycles. The van der Waals surface area contributed by atoms with Crippen LogP contribution < -0.4 is 15.8 Å². The van der Waals surface area contributed by atoms with Crippen molar-refractivity contribution in [3.05, 3.63) is 80.9 Å². The van der Waals surface area contributed by atoms with Gasteiger partial charge in [-0.3, -0.25) is 14.6 Å². The van der Waals surface area contributed by atoms with E-state index in [0.717, 1.165) is 42.5 Å². The molecule has 6 nitrogen and oxygen atoms in total. The van der Waals surface area contributed by atoms with Gasteiger partial charge in [-0.25, -0.2) is 4.98 Å². The lowest BCUT2D eigenvalue weighted by atomic mass is 9.97. The summed E-state index contributed by atoms with van der Waals surface area (Å²) >= 11 is 7.34. The van der Waals surface area contributed by atoms with Gasteiger partial charge in [0, 0.05) is 35.6 Å². The molecule has 0 spiro atoms. The lowest BCUT2D eigenvalue weighted by molar-refractivity contribution is -0.125. The van der Waals surface area contributed by atoms with E-state index in [0.29, 0.717) is 34.3 Å². The summed E-state index contributed by atoms with van der Waals surface area (Å²) in [6.45, 7) is 1.87. The number of aromatic nitrogens is 2. The Kier molecular flexibility index (Phi) is 6.65. The van der Waals surface area contributed by atoms with Gasteiger partial charge in [-0.2, -0.15) is 0 Å². The van der Waals surface area contributed by atoms with E-state index in [-0.39, 0.29) is 17.4 Å². The number of thiophene rings is 1. The molecule has 0 unspecified atom stereocenters. The van der Waals surface area contributed by atoms with E-state index in [9.17, 15) is 9.59 Å². The Morgan fingerprint density at radius 1 is 1.18 bits per heavy atom. The number of nitrogens with zero attached hydrogens (tertiary/aromatic N) is 2. The molecule has 0 aliphatic carbocycles. The Bertz CT molecular complexity index is 1350. The van der Waals surface area contributed by atoms with E-state index in [4.69, 9.17) is 16.6 Å². The number of amides is 1. The predicted molar refractivity (Wildman–Crippen MR) is 139 cm³/mol. The molecule has 0 radical (unpaired) electrons. The van der Waals surface area contributed by atoms with Crippen LogP contribution in [0.4, 0.5) is 5.95 Å². The van der Waals surface area contributed by atoms with Crippen molar-refractivity contribution in [3.8, 4) is 11.1 Å². The van der Waals surface area contributed by atoms with Crippen LogP contribution in [0.2, 0.25) is 5.02 Å². The van der Waals surface area contributed by atoms with Crippen molar-refractivity contribution in [2.75, 3.05) is 24.5 Å². The summed E-state index contributed by atoms with van der Waals surface area (Å²) in [6.07, 6.45) is 2.45. The number of hydrogen-bond acceptors (Lipinski definition) is 5.